The number of hydrogen-bond acceptors (Lipinski definition) is 6. The molecule has 132 valence electrons. The van der Waals surface area contributed by atoms with E-state index >= 15 is 0 Å². The molecule has 1 heterocycles. The van der Waals surface area contributed by atoms with Gasteiger partial charge in [-0.05, 0) is 29.8 Å². The minimum absolute atomic E-state index is 0.0267. The first-order valence-electron chi connectivity index (χ1n) is 7.54. The number of nitro groups is 1. The molecule has 3 rings (SSSR count). The van der Waals surface area contributed by atoms with Crippen molar-refractivity contribution in [2.45, 2.75) is 6.54 Å². The van der Waals surface area contributed by atoms with Gasteiger partial charge in [-0.3, -0.25) is 10.1 Å². The van der Waals surface area contributed by atoms with Crippen LogP contribution in [0.1, 0.15) is 5.56 Å². The van der Waals surface area contributed by atoms with Gasteiger partial charge in [0.1, 0.15) is 12.1 Å². The number of aromatic nitrogens is 2. The molecule has 0 saturated heterocycles. The first-order chi connectivity index (χ1) is 12.5. The minimum atomic E-state index is -0.618. The highest BCUT2D eigenvalue weighted by Crippen LogP contribution is 2.32. The molecule has 7 nitrogen and oxygen atoms in total. The number of nitrogens with one attached hydrogen (secondary N) is 2. The summed E-state index contributed by atoms with van der Waals surface area (Å²) in [7, 11) is 0. The van der Waals surface area contributed by atoms with E-state index in [-0.39, 0.29) is 23.0 Å². The van der Waals surface area contributed by atoms with Crippen LogP contribution >= 0.6 is 11.6 Å². The number of halogens is 2. The predicted octanol–water partition coefficient (Wildman–Crippen LogP) is 4.53. The smallest absolute Gasteiger partial charge is 0.353 e. The Morgan fingerprint density at radius 3 is 2.46 bits per heavy atom. The van der Waals surface area contributed by atoms with Crippen LogP contribution in [-0.2, 0) is 6.54 Å². The second kappa shape index (κ2) is 7.75. The second-order valence-corrected chi connectivity index (χ2v) is 5.70. The van der Waals surface area contributed by atoms with Crippen LogP contribution in [0.15, 0.2) is 54.9 Å². The van der Waals surface area contributed by atoms with Gasteiger partial charge >= 0.3 is 5.69 Å². The summed E-state index contributed by atoms with van der Waals surface area (Å²) < 4.78 is 13.8. The third-order valence-corrected chi connectivity index (χ3v) is 3.76. The van der Waals surface area contributed by atoms with E-state index in [4.69, 9.17) is 11.6 Å². The Bertz CT molecular complexity index is 937. The van der Waals surface area contributed by atoms with E-state index in [9.17, 15) is 14.5 Å². The van der Waals surface area contributed by atoms with Crippen molar-refractivity contribution < 1.29 is 9.31 Å². The second-order valence-electron chi connectivity index (χ2n) is 5.26. The van der Waals surface area contributed by atoms with Crippen molar-refractivity contribution in [3.05, 3.63) is 81.4 Å². The van der Waals surface area contributed by atoms with Gasteiger partial charge in [0.15, 0.2) is 0 Å². The Morgan fingerprint density at radius 2 is 1.77 bits per heavy atom. The lowest BCUT2D eigenvalue weighted by molar-refractivity contribution is -0.383. The van der Waals surface area contributed by atoms with Crippen molar-refractivity contribution in [1.29, 1.82) is 0 Å². The fourth-order valence-electron chi connectivity index (χ4n) is 2.25. The molecule has 0 atom stereocenters. The van der Waals surface area contributed by atoms with Gasteiger partial charge in [-0.25, -0.2) is 14.4 Å². The SMILES string of the molecule is O=[N+]([O-])c1c(NCc2ccc(Cl)cc2)ncnc1Nc1ccccc1F. The highest BCUT2D eigenvalue weighted by atomic mass is 35.5. The minimum Gasteiger partial charge on any atom is -0.360 e. The quantitative estimate of drug-likeness (QED) is 0.487. The summed E-state index contributed by atoms with van der Waals surface area (Å²) in [5.41, 5.74) is 0.577. The molecule has 0 bridgehead atoms. The van der Waals surface area contributed by atoms with E-state index in [0.29, 0.717) is 11.6 Å². The average molecular weight is 374 g/mol. The van der Waals surface area contributed by atoms with Gasteiger partial charge in [-0.1, -0.05) is 35.9 Å². The van der Waals surface area contributed by atoms with Gasteiger partial charge in [0, 0.05) is 11.6 Å². The zero-order valence-corrected chi connectivity index (χ0v) is 14.1. The van der Waals surface area contributed by atoms with Crippen LogP contribution in [0, 0.1) is 15.9 Å². The van der Waals surface area contributed by atoms with Crippen LogP contribution in [0.3, 0.4) is 0 Å². The van der Waals surface area contributed by atoms with E-state index < -0.39 is 10.7 Å². The first kappa shape index (κ1) is 17.6. The van der Waals surface area contributed by atoms with Gasteiger partial charge in [0.25, 0.3) is 0 Å². The first-order valence-corrected chi connectivity index (χ1v) is 7.91. The fraction of sp³-hybridized carbons (Fsp3) is 0.0588. The van der Waals surface area contributed by atoms with Crippen molar-refractivity contribution in [3.8, 4) is 0 Å². The average Bonchev–Trinajstić information content (AvgIpc) is 2.63. The highest BCUT2D eigenvalue weighted by Gasteiger charge is 2.23. The predicted molar refractivity (Wildman–Crippen MR) is 97.1 cm³/mol. The molecule has 0 unspecified atom stereocenters. The van der Waals surface area contributed by atoms with Crippen LogP contribution in [-0.4, -0.2) is 14.9 Å². The lowest BCUT2D eigenvalue weighted by Gasteiger charge is -2.10. The molecule has 0 fully saturated rings. The van der Waals surface area contributed by atoms with Gasteiger partial charge < -0.3 is 10.6 Å². The van der Waals surface area contributed by atoms with Crippen LogP contribution in [0.4, 0.5) is 27.4 Å². The molecule has 3 aromatic rings. The van der Waals surface area contributed by atoms with E-state index in [1.165, 1.54) is 24.5 Å². The summed E-state index contributed by atoms with van der Waals surface area (Å²) in [6, 6.07) is 12.9. The highest BCUT2D eigenvalue weighted by molar-refractivity contribution is 6.30. The Labute approximate surface area is 153 Å². The molecular weight excluding hydrogens is 361 g/mol. The Hall–Kier alpha value is -3.26. The largest absolute Gasteiger partial charge is 0.360 e. The summed E-state index contributed by atoms with van der Waals surface area (Å²) in [4.78, 5) is 18.7. The summed E-state index contributed by atoms with van der Waals surface area (Å²) in [6.07, 6.45) is 1.17. The molecule has 0 saturated carbocycles. The molecule has 2 N–H and O–H groups in total. The summed E-state index contributed by atoms with van der Waals surface area (Å²) in [6.45, 7) is 0.300. The van der Waals surface area contributed by atoms with Crippen molar-refractivity contribution in [2.75, 3.05) is 10.6 Å². The van der Waals surface area contributed by atoms with Gasteiger partial charge in [0.2, 0.25) is 11.6 Å². The standard InChI is InChI=1S/C17H13ClFN5O2/c18-12-7-5-11(6-8-12)9-20-16-15(24(25)26)17(22-10-21-16)23-14-4-2-1-3-13(14)19/h1-8,10H,9H2,(H2,20,21,22,23). The molecule has 9 heteroatoms. The van der Waals surface area contributed by atoms with Crippen LogP contribution in [0.25, 0.3) is 0 Å². The van der Waals surface area contributed by atoms with E-state index in [0.717, 1.165) is 5.56 Å². The maximum atomic E-state index is 13.8. The van der Waals surface area contributed by atoms with Crippen molar-refractivity contribution in [2.24, 2.45) is 0 Å². The third-order valence-electron chi connectivity index (χ3n) is 3.50. The zero-order valence-electron chi connectivity index (χ0n) is 13.3. The lowest BCUT2D eigenvalue weighted by atomic mass is 10.2. The molecule has 0 amide bonds. The number of benzene rings is 2. The number of para-hydroxylation sites is 1. The van der Waals surface area contributed by atoms with Crippen LogP contribution in [0.2, 0.25) is 5.02 Å². The Morgan fingerprint density at radius 1 is 1.08 bits per heavy atom. The number of rotatable bonds is 6. The van der Waals surface area contributed by atoms with Crippen molar-refractivity contribution in [3.63, 3.8) is 0 Å². The van der Waals surface area contributed by atoms with E-state index in [2.05, 4.69) is 20.6 Å². The Balaban J connectivity index is 1.87. The number of hydrogen-bond donors (Lipinski definition) is 2. The van der Waals surface area contributed by atoms with Gasteiger partial charge in [0.05, 0.1) is 10.6 Å². The van der Waals surface area contributed by atoms with E-state index in [1.807, 2.05) is 0 Å². The molecule has 0 radical (unpaired) electrons. The molecule has 1 aromatic heterocycles. The number of nitrogens with zero attached hydrogens (tertiary/aromatic N) is 3. The lowest BCUT2D eigenvalue weighted by Crippen LogP contribution is -2.08. The molecular formula is C17H13ClFN5O2. The van der Waals surface area contributed by atoms with Crippen LogP contribution < -0.4 is 10.6 Å². The maximum Gasteiger partial charge on any atom is 0.353 e. The van der Waals surface area contributed by atoms with Gasteiger partial charge in [-0.15, -0.1) is 0 Å². The maximum absolute atomic E-state index is 13.8. The normalized spacial score (nSPS) is 10.4. The Kier molecular flexibility index (Phi) is 5.23. The topological polar surface area (TPSA) is 93.0 Å². The summed E-state index contributed by atoms with van der Waals surface area (Å²) >= 11 is 5.84. The van der Waals surface area contributed by atoms with E-state index in [1.54, 1.807) is 30.3 Å². The monoisotopic (exact) mass is 373 g/mol. The van der Waals surface area contributed by atoms with Gasteiger partial charge in [-0.2, -0.15) is 0 Å². The molecule has 0 aliphatic heterocycles. The summed E-state index contributed by atoms with van der Waals surface area (Å²) in [5.74, 6) is -0.622. The third kappa shape index (κ3) is 4.04. The van der Waals surface area contributed by atoms with Crippen molar-refractivity contribution in [1.82, 2.24) is 9.97 Å². The molecule has 26 heavy (non-hydrogen) atoms. The fourth-order valence-corrected chi connectivity index (χ4v) is 2.38. The zero-order chi connectivity index (χ0) is 18.5. The molecule has 0 aliphatic carbocycles. The summed E-state index contributed by atoms with van der Waals surface area (Å²) in [5, 5.41) is 17.6. The molecule has 2 aromatic carbocycles. The number of anilines is 3. The van der Waals surface area contributed by atoms with Crippen molar-refractivity contribution >= 4 is 34.6 Å². The molecule has 0 spiro atoms. The molecule has 0 aliphatic rings. The van der Waals surface area contributed by atoms with Crippen LogP contribution in [0.5, 0.6) is 0 Å².